The van der Waals surface area contributed by atoms with Gasteiger partial charge in [-0.25, -0.2) is 9.59 Å². The maximum Gasteiger partial charge on any atom is 0.330 e. The molecular formula is C16H20O6. The molecule has 0 atom stereocenters. The number of carbonyl (C=O) groups is 4. The Morgan fingerprint density at radius 3 is 1.09 bits per heavy atom. The van der Waals surface area contributed by atoms with Crippen LogP contribution in [0.25, 0.3) is 0 Å². The zero-order valence-electron chi connectivity index (χ0n) is 13.1. The lowest BCUT2D eigenvalue weighted by molar-refractivity contribution is -0.135. The van der Waals surface area contributed by atoms with E-state index in [-0.39, 0.29) is 11.6 Å². The van der Waals surface area contributed by atoms with Crippen LogP contribution < -0.4 is 0 Å². The molecule has 0 amide bonds. The van der Waals surface area contributed by atoms with E-state index in [2.05, 4.69) is 9.47 Å². The molecule has 0 rings (SSSR count). The minimum Gasteiger partial charge on any atom is -0.466 e. The van der Waals surface area contributed by atoms with Crippen molar-refractivity contribution in [3.63, 3.8) is 0 Å². The summed E-state index contributed by atoms with van der Waals surface area (Å²) in [6.45, 7) is 2.87. The highest BCUT2D eigenvalue weighted by Gasteiger charge is 1.87. The van der Waals surface area contributed by atoms with Crippen molar-refractivity contribution in [3.8, 4) is 0 Å². The Kier molecular flexibility index (Phi) is 14.3. The zero-order valence-corrected chi connectivity index (χ0v) is 13.1. The molecule has 0 fully saturated rings. The molecule has 0 N–H and O–H groups in total. The molecule has 0 aliphatic carbocycles. The topological polar surface area (TPSA) is 86.7 Å². The monoisotopic (exact) mass is 308 g/mol. The number of hydrogen-bond donors (Lipinski definition) is 0. The summed E-state index contributed by atoms with van der Waals surface area (Å²) in [7, 11) is 2.59. The van der Waals surface area contributed by atoms with E-state index < -0.39 is 11.9 Å². The summed E-state index contributed by atoms with van der Waals surface area (Å²) >= 11 is 0. The fraction of sp³-hybridized carbons (Fsp3) is 0.250. The smallest absolute Gasteiger partial charge is 0.330 e. The van der Waals surface area contributed by atoms with Crippen LogP contribution in [0.5, 0.6) is 0 Å². The summed E-state index contributed by atoms with van der Waals surface area (Å²) in [5.74, 6) is -0.976. The lowest BCUT2D eigenvalue weighted by Crippen LogP contribution is -1.92. The number of carbonyl (C=O) groups excluding carboxylic acids is 4. The highest BCUT2D eigenvalue weighted by molar-refractivity contribution is 5.88. The first kappa shape index (κ1) is 21.5. The van der Waals surface area contributed by atoms with Gasteiger partial charge >= 0.3 is 11.9 Å². The Bertz CT molecular complexity index is 449. The van der Waals surface area contributed by atoms with E-state index in [9.17, 15) is 19.2 Å². The third-order valence-corrected chi connectivity index (χ3v) is 1.75. The van der Waals surface area contributed by atoms with Gasteiger partial charge in [-0.05, 0) is 26.0 Å². The summed E-state index contributed by atoms with van der Waals surface area (Å²) in [6, 6.07) is 0. The van der Waals surface area contributed by atoms with Crippen LogP contribution in [-0.4, -0.2) is 37.7 Å². The predicted molar refractivity (Wildman–Crippen MR) is 82.0 cm³/mol. The van der Waals surface area contributed by atoms with E-state index in [1.165, 1.54) is 76.7 Å². The molecule has 0 aromatic heterocycles. The minimum absolute atomic E-state index is 0.0560. The van der Waals surface area contributed by atoms with Crippen molar-refractivity contribution in [3.05, 3.63) is 48.6 Å². The van der Waals surface area contributed by atoms with Gasteiger partial charge in [0.1, 0.15) is 0 Å². The van der Waals surface area contributed by atoms with Gasteiger partial charge in [0.05, 0.1) is 14.2 Å². The fourth-order valence-electron chi connectivity index (χ4n) is 0.786. The Morgan fingerprint density at radius 2 is 0.864 bits per heavy atom. The van der Waals surface area contributed by atoms with Gasteiger partial charge in [0.15, 0.2) is 11.6 Å². The van der Waals surface area contributed by atoms with Gasteiger partial charge in [0.2, 0.25) is 0 Å². The summed E-state index contributed by atoms with van der Waals surface area (Å²) in [5.41, 5.74) is 0. The number of ether oxygens (including phenoxy) is 2. The molecule has 0 heterocycles. The quantitative estimate of drug-likeness (QED) is 0.422. The lowest BCUT2D eigenvalue weighted by atomic mass is 10.3. The van der Waals surface area contributed by atoms with Gasteiger partial charge in [0.25, 0.3) is 0 Å². The van der Waals surface area contributed by atoms with Crippen molar-refractivity contribution in [1.82, 2.24) is 0 Å². The molecule has 6 nitrogen and oxygen atoms in total. The molecule has 0 unspecified atom stereocenters. The largest absolute Gasteiger partial charge is 0.466 e. The highest BCUT2D eigenvalue weighted by Crippen LogP contribution is 1.82. The normalized spacial score (nSPS) is 10.7. The number of rotatable bonds is 6. The van der Waals surface area contributed by atoms with Gasteiger partial charge in [0, 0.05) is 12.2 Å². The number of esters is 2. The third-order valence-electron chi connectivity index (χ3n) is 1.75. The molecule has 120 valence electrons. The summed E-state index contributed by atoms with van der Waals surface area (Å²) in [5, 5.41) is 0. The first-order valence-electron chi connectivity index (χ1n) is 6.20. The van der Waals surface area contributed by atoms with E-state index in [0.29, 0.717) is 0 Å². The molecule has 0 aromatic rings. The number of methoxy groups -OCH3 is 2. The molecule has 0 aliphatic heterocycles. The first-order valence-corrected chi connectivity index (χ1v) is 6.20. The molecule has 6 heteroatoms. The Balaban J connectivity index is 0. The number of allylic oxidation sites excluding steroid dienone is 6. The molecule has 22 heavy (non-hydrogen) atoms. The fourth-order valence-corrected chi connectivity index (χ4v) is 0.786. The second kappa shape index (κ2) is 14.6. The van der Waals surface area contributed by atoms with Crippen LogP contribution >= 0.6 is 0 Å². The van der Waals surface area contributed by atoms with Crippen molar-refractivity contribution in [1.29, 1.82) is 0 Å². The van der Waals surface area contributed by atoms with E-state index in [4.69, 9.17) is 0 Å². The summed E-state index contributed by atoms with van der Waals surface area (Å²) < 4.78 is 8.63. The lowest BCUT2D eigenvalue weighted by Gasteiger charge is -1.85. The van der Waals surface area contributed by atoms with E-state index in [0.717, 1.165) is 0 Å². The van der Waals surface area contributed by atoms with Crippen LogP contribution in [-0.2, 0) is 28.7 Å². The van der Waals surface area contributed by atoms with Crippen molar-refractivity contribution < 1.29 is 28.7 Å². The van der Waals surface area contributed by atoms with Gasteiger partial charge in [-0.15, -0.1) is 0 Å². The Hall–Kier alpha value is -2.76. The second-order valence-corrected chi connectivity index (χ2v) is 3.70. The molecule has 0 aromatic carbocycles. The Labute approximate surface area is 129 Å². The van der Waals surface area contributed by atoms with Crippen molar-refractivity contribution in [2.45, 2.75) is 13.8 Å². The summed E-state index contributed by atoms with van der Waals surface area (Å²) in [6.07, 6.45) is 11.1. The van der Waals surface area contributed by atoms with E-state index in [1.807, 2.05) is 0 Å². The average molecular weight is 308 g/mol. The zero-order chi connectivity index (χ0) is 17.4. The molecule has 0 saturated carbocycles. The average Bonchev–Trinajstić information content (AvgIpc) is 2.47. The number of ketones is 2. The van der Waals surface area contributed by atoms with E-state index >= 15 is 0 Å². The van der Waals surface area contributed by atoms with E-state index in [1.54, 1.807) is 0 Å². The number of hydrogen-bond acceptors (Lipinski definition) is 6. The van der Waals surface area contributed by atoms with Crippen molar-refractivity contribution in [2.24, 2.45) is 0 Å². The van der Waals surface area contributed by atoms with Gasteiger partial charge in [-0.3, -0.25) is 9.59 Å². The Morgan fingerprint density at radius 1 is 0.591 bits per heavy atom. The molecule has 0 saturated heterocycles. The molecule has 0 radical (unpaired) electrons. The van der Waals surface area contributed by atoms with Gasteiger partial charge < -0.3 is 9.47 Å². The molecule has 0 aliphatic rings. The first-order chi connectivity index (χ1) is 10.3. The van der Waals surface area contributed by atoms with Crippen LogP contribution in [0.4, 0.5) is 0 Å². The maximum absolute atomic E-state index is 10.4. The van der Waals surface area contributed by atoms with Crippen LogP contribution in [0.15, 0.2) is 48.6 Å². The minimum atomic E-state index is -0.432. The third kappa shape index (κ3) is 19.6. The van der Waals surface area contributed by atoms with Crippen LogP contribution in [0.3, 0.4) is 0 Å². The van der Waals surface area contributed by atoms with Crippen LogP contribution in [0.2, 0.25) is 0 Å². The molecular weight excluding hydrogens is 288 g/mol. The SMILES string of the molecule is COC(=O)/C=C/C=C/C(C)=O.COC(=O)/C=C/C=C\C(C)=O. The van der Waals surface area contributed by atoms with Crippen LogP contribution in [0.1, 0.15) is 13.8 Å². The maximum atomic E-state index is 10.4. The summed E-state index contributed by atoms with van der Waals surface area (Å²) in [4.78, 5) is 41.5. The van der Waals surface area contributed by atoms with Crippen molar-refractivity contribution in [2.75, 3.05) is 14.2 Å². The van der Waals surface area contributed by atoms with Gasteiger partial charge in [-0.2, -0.15) is 0 Å². The van der Waals surface area contributed by atoms with Crippen LogP contribution in [0, 0.1) is 0 Å². The van der Waals surface area contributed by atoms with Gasteiger partial charge in [-0.1, -0.05) is 24.3 Å². The molecule has 0 spiro atoms. The molecule has 0 bridgehead atoms. The predicted octanol–water partition coefficient (Wildman–Crippen LogP) is 1.72. The highest BCUT2D eigenvalue weighted by atomic mass is 16.5. The van der Waals surface area contributed by atoms with Crippen molar-refractivity contribution >= 4 is 23.5 Å². The standard InChI is InChI=1S/2C8H10O3/c2*1-7(9)5-3-4-6-8(10)11-2/h2*3-6H,1-2H3/b5-3+,6-4+;5-3-,6-4+. The second-order valence-electron chi connectivity index (χ2n) is 3.70.